The molecule has 0 aliphatic heterocycles. The van der Waals surface area contributed by atoms with Crippen LogP contribution in [0.25, 0.3) is 0 Å². The Kier molecular flexibility index (Phi) is 6.07. The Morgan fingerprint density at radius 3 is 2.60 bits per heavy atom. The molecule has 0 atom stereocenters. The predicted molar refractivity (Wildman–Crippen MR) is 94.3 cm³/mol. The molecule has 0 aliphatic carbocycles. The van der Waals surface area contributed by atoms with Crippen molar-refractivity contribution in [2.45, 2.75) is 6.42 Å². The molecule has 0 saturated heterocycles. The summed E-state index contributed by atoms with van der Waals surface area (Å²) in [5, 5.41) is 5.26. The van der Waals surface area contributed by atoms with Crippen LogP contribution in [-0.4, -0.2) is 39.6 Å². The van der Waals surface area contributed by atoms with Gasteiger partial charge in [-0.1, -0.05) is 12.1 Å². The van der Waals surface area contributed by atoms with Crippen LogP contribution in [0.3, 0.4) is 0 Å². The fourth-order valence-corrected chi connectivity index (χ4v) is 3.01. The standard InChI is InChI=1S/C16H20N4O4S/c1-24-8-7-20(25(18,22)23)15-11-13(5-6-19-15)9-12-3-2-4-14(10-12)16(17)21/h2-6,10-11H,7-9H2,1H3,(H2,17,21)(H2,18,22,23). The van der Waals surface area contributed by atoms with Gasteiger partial charge in [0.15, 0.2) is 0 Å². The van der Waals surface area contributed by atoms with Gasteiger partial charge in [-0.3, -0.25) is 4.79 Å². The molecule has 1 heterocycles. The highest BCUT2D eigenvalue weighted by Gasteiger charge is 2.19. The number of benzene rings is 1. The highest BCUT2D eigenvalue weighted by atomic mass is 32.2. The number of amides is 1. The van der Waals surface area contributed by atoms with E-state index in [-0.39, 0.29) is 19.0 Å². The Bertz CT molecular complexity index is 855. The first kappa shape index (κ1) is 18.8. The molecule has 0 unspecified atom stereocenters. The average Bonchev–Trinajstić information content (AvgIpc) is 2.54. The number of primary amides is 1. The topological polar surface area (TPSA) is 129 Å². The van der Waals surface area contributed by atoms with Crippen molar-refractivity contribution in [1.82, 2.24) is 4.98 Å². The Labute approximate surface area is 146 Å². The summed E-state index contributed by atoms with van der Waals surface area (Å²) in [4.78, 5) is 15.4. The van der Waals surface area contributed by atoms with E-state index in [1.54, 1.807) is 30.3 Å². The van der Waals surface area contributed by atoms with Gasteiger partial charge in [0.2, 0.25) is 5.91 Å². The second-order valence-electron chi connectivity index (χ2n) is 5.37. The fourth-order valence-electron chi connectivity index (χ4n) is 2.32. The van der Waals surface area contributed by atoms with E-state index in [2.05, 4.69) is 4.98 Å². The van der Waals surface area contributed by atoms with Crippen molar-refractivity contribution in [3.8, 4) is 0 Å². The van der Waals surface area contributed by atoms with E-state index in [0.29, 0.717) is 12.0 Å². The van der Waals surface area contributed by atoms with Gasteiger partial charge in [-0.05, 0) is 41.8 Å². The maximum absolute atomic E-state index is 11.8. The molecule has 9 heteroatoms. The van der Waals surface area contributed by atoms with Crippen LogP contribution in [0, 0.1) is 0 Å². The molecule has 1 aromatic heterocycles. The number of anilines is 1. The van der Waals surface area contributed by atoms with Crippen LogP contribution >= 0.6 is 0 Å². The van der Waals surface area contributed by atoms with Gasteiger partial charge in [0.1, 0.15) is 5.82 Å². The molecule has 8 nitrogen and oxygen atoms in total. The first-order chi connectivity index (χ1) is 11.8. The van der Waals surface area contributed by atoms with Crippen molar-refractivity contribution in [3.63, 3.8) is 0 Å². The molecule has 1 amide bonds. The summed E-state index contributed by atoms with van der Waals surface area (Å²) < 4.78 is 29.5. The van der Waals surface area contributed by atoms with Gasteiger partial charge in [-0.25, -0.2) is 14.4 Å². The van der Waals surface area contributed by atoms with Crippen LogP contribution in [-0.2, 0) is 21.4 Å². The third-order valence-corrected chi connectivity index (χ3v) is 4.47. The predicted octanol–water partition coefficient (Wildman–Crippen LogP) is 0.428. The summed E-state index contributed by atoms with van der Waals surface area (Å²) in [6.07, 6.45) is 1.99. The van der Waals surface area contributed by atoms with Gasteiger partial charge < -0.3 is 10.5 Å². The third-order valence-electron chi connectivity index (χ3n) is 3.49. The van der Waals surface area contributed by atoms with E-state index in [0.717, 1.165) is 15.4 Å². The number of nitrogens with zero attached hydrogens (tertiary/aromatic N) is 2. The Morgan fingerprint density at radius 2 is 1.96 bits per heavy atom. The molecule has 0 saturated carbocycles. The Morgan fingerprint density at radius 1 is 1.24 bits per heavy atom. The van der Waals surface area contributed by atoms with Gasteiger partial charge in [-0.15, -0.1) is 0 Å². The maximum Gasteiger partial charge on any atom is 0.300 e. The molecule has 2 rings (SSSR count). The third kappa shape index (κ3) is 5.24. The van der Waals surface area contributed by atoms with Crippen molar-refractivity contribution < 1.29 is 17.9 Å². The summed E-state index contributed by atoms with van der Waals surface area (Å²) in [6.45, 7) is 0.242. The van der Waals surface area contributed by atoms with Crippen molar-refractivity contribution >= 4 is 21.9 Å². The number of ether oxygens (including phenoxy) is 1. The van der Waals surface area contributed by atoms with E-state index in [9.17, 15) is 13.2 Å². The minimum absolute atomic E-state index is 0.0585. The lowest BCUT2D eigenvalue weighted by Gasteiger charge is -2.20. The van der Waals surface area contributed by atoms with Crippen LogP contribution in [0.4, 0.5) is 5.82 Å². The van der Waals surface area contributed by atoms with Crippen LogP contribution in [0.15, 0.2) is 42.6 Å². The lowest BCUT2D eigenvalue weighted by molar-refractivity contribution is 0.1000. The SMILES string of the molecule is COCCN(c1cc(Cc2cccc(C(N)=O)c2)ccn1)S(N)(=O)=O. The molecule has 25 heavy (non-hydrogen) atoms. The summed E-state index contributed by atoms with van der Waals surface area (Å²) in [6, 6.07) is 10.3. The molecule has 0 radical (unpaired) electrons. The first-order valence-corrected chi connectivity index (χ1v) is 8.94. The fraction of sp³-hybridized carbons (Fsp3) is 0.250. The van der Waals surface area contributed by atoms with E-state index in [1.165, 1.54) is 13.3 Å². The number of nitrogens with two attached hydrogens (primary N) is 2. The zero-order chi connectivity index (χ0) is 18.4. The summed E-state index contributed by atoms with van der Waals surface area (Å²) in [5.41, 5.74) is 7.39. The van der Waals surface area contributed by atoms with Gasteiger partial charge in [0, 0.05) is 18.9 Å². The lowest BCUT2D eigenvalue weighted by atomic mass is 10.0. The number of methoxy groups -OCH3 is 1. The molecule has 0 bridgehead atoms. The smallest absolute Gasteiger partial charge is 0.300 e. The summed E-state index contributed by atoms with van der Waals surface area (Å²) >= 11 is 0. The number of hydrogen-bond acceptors (Lipinski definition) is 5. The van der Waals surface area contributed by atoms with Crippen LogP contribution in [0.1, 0.15) is 21.5 Å². The molecular weight excluding hydrogens is 344 g/mol. The minimum Gasteiger partial charge on any atom is -0.383 e. The summed E-state index contributed by atoms with van der Waals surface area (Å²) in [5.74, 6) is -0.291. The van der Waals surface area contributed by atoms with Crippen molar-refractivity contribution in [2.24, 2.45) is 10.9 Å². The number of pyridine rings is 1. The Balaban J connectivity index is 2.28. The number of rotatable bonds is 8. The zero-order valence-electron chi connectivity index (χ0n) is 13.8. The van der Waals surface area contributed by atoms with Gasteiger partial charge in [-0.2, -0.15) is 8.42 Å². The molecule has 1 aromatic carbocycles. The number of carbonyl (C=O) groups excluding carboxylic acids is 1. The molecule has 4 N–H and O–H groups in total. The lowest BCUT2D eigenvalue weighted by Crippen LogP contribution is -2.39. The molecule has 2 aromatic rings. The largest absolute Gasteiger partial charge is 0.383 e. The monoisotopic (exact) mass is 364 g/mol. The van der Waals surface area contributed by atoms with Crippen LogP contribution in [0.2, 0.25) is 0 Å². The van der Waals surface area contributed by atoms with E-state index in [4.69, 9.17) is 15.6 Å². The second-order valence-corrected chi connectivity index (χ2v) is 6.84. The second kappa shape index (κ2) is 8.06. The highest BCUT2D eigenvalue weighted by molar-refractivity contribution is 7.90. The minimum atomic E-state index is -3.97. The maximum atomic E-state index is 11.8. The number of hydrogen-bond donors (Lipinski definition) is 2. The molecule has 0 aliphatic rings. The van der Waals surface area contributed by atoms with E-state index >= 15 is 0 Å². The van der Waals surface area contributed by atoms with Crippen molar-refractivity contribution in [2.75, 3.05) is 24.6 Å². The van der Waals surface area contributed by atoms with E-state index < -0.39 is 16.1 Å². The highest BCUT2D eigenvalue weighted by Crippen LogP contribution is 2.18. The molecule has 134 valence electrons. The molecular formula is C16H20N4O4S. The van der Waals surface area contributed by atoms with Crippen LogP contribution < -0.4 is 15.2 Å². The Hall–Kier alpha value is -2.49. The van der Waals surface area contributed by atoms with E-state index in [1.807, 2.05) is 6.07 Å². The van der Waals surface area contributed by atoms with Crippen LogP contribution in [0.5, 0.6) is 0 Å². The zero-order valence-corrected chi connectivity index (χ0v) is 14.6. The van der Waals surface area contributed by atoms with Gasteiger partial charge >= 0.3 is 0 Å². The van der Waals surface area contributed by atoms with Crippen molar-refractivity contribution in [3.05, 3.63) is 59.3 Å². The molecule has 0 fully saturated rings. The number of aromatic nitrogens is 1. The van der Waals surface area contributed by atoms with Gasteiger partial charge in [0.05, 0.1) is 13.2 Å². The first-order valence-electron chi connectivity index (χ1n) is 7.44. The molecule has 0 spiro atoms. The van der Waals surface area contributed by atoms with Gasteiger partial charge in [0.25, 0.3) is 10.2 Å². The average molecular weight is 364 g/mol. The normalized spacial score (nSPS) is 11.3. The quantitative estimate of drug-likeness (QED) is 0.702. The number of carbonyl (C=O) groups is 1. The summed E-state index contributed by atoms with van der Waals surface area (Å²) in [7, 11) is -2.50. The van der Waals surface area contributed by atoms with Crippen molar-refractivity contribution in [1.29, 1.82) is 0 Å².